The van der Waals surface area contributed by atoms with Crippen LogP contribution < -0.4 is 20.6 Å². The molecule has 10 nitrogen and oxygen atoms in total. The van der Waals surface area contributed by atoms with Crippen LogP contribution in [0.1, 0.15) is 0 Å². The summed E-state index contributed by atoms with van der Waals surface area (Å²) in [6.45, 7) is 2.24. The van der Waals surface area contributed by atoms with Gasteiger partial charge in [0.15, 0.2) is 5.82 Å². The van der Waals surface area contributed by atoms with Gasteiger partial charge in [-0.1, -0.05) is 11.6 Å². The molecule has 1 saturated heterocycles. The minimum absolute atomic E-state index is 0.243. The highest BCUT2D eigenvalue weighted by atomic mass is 35.5. The van der Waals surface area contributed by atoms with Crippen molar-refractivity contribution in [3.8, 4) is 5.75 Å². The molecule has 0 radical (unpaired) electrons. The number of carbonyl (C=O) groups is 1. The summed E-state index contributed by atoms with van der Waals surface area (Å²) in [5.41, 5.74) is 0.479. The Morgan fingerprint density at radius 1 is 1.34 bits per heavy atom. The maximum absolute atomic E-state index is 12.7. The van der Waals surface area contributed by atoms with Gasteiger partial charge in [0.25, 0.3) is 0 Å². The van der Waals surface area contributed by atoms with Crippen LogP contribution in [-0.2, 0) is 16.1 Å². The van der Waals surface area contributed by atoms with E-state index >= 15 is 0 Å². The molecule has 0 saturated carbocycles. The number of hydrogen-bond donors (Lipinski definition) is 1. The van der Waals surface area contributed by atoms with Crippen molar-refractivity contribution in [3.63, 3.8) is 0 Å². The van der Waals surface area contributed by atoms with Crippen LogP contribution in [0.25, 0.3) is 5.65 Å². The molecule has 1 aliphatic rings. The highest BCUT2D eigenvalue weighted by molar-refractivity contribution is 6.32. The number of benzene rings is 1. The number of morpholine rings is 1. The van der Waals surface area contributed by atoms with E-state index in [4.69, 9.17) is 21.1 Å². The molecule has 3 aromatic rings. The van der Waals surface area contributed by atoms with Crippen molar-refractivity contribution in [1.29, 1.82) is 0 Å². The Labute approximate surface area is 170 Å². The lowest BCUT2D eigenvalue weighted by Gasteiger charge is -2.27. The topological polar surface area (TPSA) is 103 Å². The highest BCUT2D eigenvalue weighted by Crippen LogP contribution is 2.27. The zero-order valence-corrected chi connectivity index (χ0v) is 16.4. The SMILES string of the molecule is COc1ccc(NC(=O)Cn2nc3c(N4CCOCC4)nccn3c2=O)cc1Cl. The lowest BCUT2D eigenvalue weighted by molar-refractivity contribution is -0.117. The van der Waals surface area contributed by atoms with E-state index in [1.807, 2.05) is 4.90 Å². The van der Waals surface area contributed by atoms with Gasteiger partial charge in [0.1, 0.15) is 12.3 Å². The third-order valence-corrected chi connectivity index (χ3v) is 4.82. The number of halogens is 1. The summed E-state index contributed by atoms with van der Waals surface area (Å²) >= 11 is 6.08. The molecule has 4 rings (SSSR count). The number of ether oxygens (including phenoxy) is 2. The zero-order chi connectivity index (χ0) is 20.4. The summed E-state index contributed by atoms with van der Waals surface area (Å²) in [5.74, 6) is 0.691. The van der Waals surface area contributed by atoms with Gasteiger partial charge in [-0.2, -0.15) is 0 Å². The maximum atomic E-state index is 12.7. The molecule has 0 bridgehead atoms. The van der Waals surface area contributed by atoms with Gasteiger partial charge < -0.3 is 19.7 Å². The van der Waals surface area contributed by atoms with Gasteiger partial charge >= 0.3 is 5.69 Å². The first-order valence-corrected chi connectivity index (χ1v) is 9.35. The zero-order valence-electron chi connectivity index (χ0n) is 15.7. The van der Waals surface area contributed by atoms with E-state index < -0.39 is 11.6 Å². The summed E-state index contributed by atoms with van der Waals surface area (Å²) in [6, 6.07) is 4.88. The molecule has 2 aromatic heterocycles. The number of nitrogens with zero attached hydrogens (tertiary/aromatic N) is 5. The molecular weight excluding hydrogens is 400 g/mol. The number of nitrogens with one attached hydrogen (secondary N) is 1. The standard InChI is InChI=1S/C18H19ClN6O4/c1-28-14-3-2-12(10-13(14)19)21-15(26)11-25-18(27)24-5-4-20-16(17(24)22-25)23-6-8-29-9-7-23/h2-5,10H,6-9,11H2,1H3,(H,21,26). The minimum Gasteiger partial charge on any atom is -0.495 e. The van der Waals surface area contributed by atoms with Crippen LogP contribution in [0.2, 0.25) is 5.02 Å². The van der Waals surface area contributed by atoms with Crippen LogP contribution in [0, 0.1) is 0 Å². The van der Waals surface area contributed by atoms with E-state index in [1.54, 1.807) is 24.4 Å². The first-order valence-electron chi connectivity index (χ1n) is 8.97. The van der Waals surface area contributed by atoms with Gasteiger partial charge in [-0.05, 0) is 18.2 Å². The summed E-state index contributed by atoms with van der Waals surface area (Å²) in [7, 11) is 1.51. The normalized spacial score (nSPS) is 14.2. The predicted octanol–water partition coefficient (Wildman–Crippen LogP) is 1.03. The number of rotatable bonds is 5. The molecular formula is C18H19ClN6O4. The Kier molecular flexibility index (Phi) is 5.36. The summed E-state index contributed by atoms with van der Waals surface area (Å²) in [6.07, 6.45) is 3.08. The number of hydrogen-bond acceptors (Lipinski definition) is 7. The van der Waals surface area contributed by atoms with Gasteiger partial charge in [-0.15, -0.1) is 5.10 Å². The van der Waals surface area contributed by atoms with Crippen molar-refractivity contribution in [3.05, 3.63) is 46.1 Å². The van der Waals surface area contributed by atoms with Gasteiger partial charge in [-0.25, -0.2) is 18.9 Å². The molecule has 3 heterocycles. The van der Waals surface area contributed by atoms with Crippen molar-refractivity contribution in [2.24, 2.45) is 0 Å². The van der Waals surface area contributed by atoms with Crippen LogP contribution in [0.15, 0.2) is 35.4 Å². The largest absolute Gasteiger partial charge is 0.495 e. The second kappa shape index (κ2) is 8.10. The van der Waals surface area contributed by atoms with Gasteiger partial charge in [0.05, 0.1) is 25.3 Å². The molecule has 29 heavy (non-hydrogen) atoms. The lowest BCUT2D eigenvalue weighted by atomic mass is 10.3. The van der Waals surface area contributed by atoms with E-state index in [1.165, 1.54) is 17.7 Å². The Bertz CT molecular complexity index is 1110. The van der Waals surface area contributed by atoms with Gasteiger partial charge in [0.2, 0.25) is 11.6 Å². The number of fused-ring (bicyclic) bond motifs is 1. The molecule has 0 spiro atoms. The molecule has 1 amide bonds. The first-order chi connectivity index (χ1) is 14.1. The molecule has 1 N–H and O–H groups in total. The molecule has 0 unspecified atom stereocenters. The van der Waals surface area contributed by atoms with Crippen molar-refractivity contribution < 1.29 is 14.3 Å². The number of methoxy groups -OCH3 is 1. The van der Waals surface area contributed by atoms with Crippen LogP contribution in [-0.4, -0.2) is 58.5 Å². The highest BCUT2D eigenvalue weighted by Gasteiger charge is 2.20. The van der Waals surface area contributed by atoms with E-state index in [0.29, 0.717) is 54.2 Å². The third kappa shape index (κ3) is 3.89. The van der Waals surface area contributed by atoms with E-state index in [2.05, 4.69) is 15.4 Å². The molecule has 152 valence electrons. The number of anilines is 2. The number of aromatic nitrogens is 4. The van der Waals surface area contributed by atoms with Crippen LogP contribution in [0.3, 0.4) is 0 Å². The van der Waals surface area contributed by atoms with E-state index in [-0.39, 0.29) is 6.54 Å². The van der Waals surface area contributed by atoms with E-state index in [9.17, 15) is 9.59 Å². The minimum atomic E-state index is -0.417. The van der Waals surface area contributed by atoms with Crippen LogP contribution in [0.5, 0.6) is 5.75 Å². The number of amides is 1. The average Bonchev–Trinajstić information content (AvgIpc) is 3.04. The molecule has 1 fully saturated rings. The maximum Gasteiger partial charge on any atom is 0.350 e. The fraction of sp³-hybridized carbons (Fsp3) is 0.333. The van der Waals surface area contributed by atoms with Crippen molar-refractivity contribution in [2.75, 3.05) is 43.6 Å². The Hall–Kier alpha value is -3.11. The summed E-state index contributed by atoms with van der Waals surface area (Å²) < 4.78 is 12.9. The fourth-order valence-corrected chi connectivity index (χ4v) is 3.37. The Morgan fingerprint density at radius 3 is 2.86 bits per heavy atom. The van der Waals surface area contributed by atoms with Gasteiger partial charge in [0, 0.05) is 31.2 Å². The van der Waals surface area contributed by atoms with Crippen LogP contribution in [0.4, 0.5) is 11.5 Å². The Balaban J connectivity index is 1.56. The molecule has 0 atom stereocenters. The molecule has 1 aromatic carbocycles. The van der Waals surface area contributed by atoms with Crippen molar-refractivity contribution in [2.45, 2.75) is 6.54 Å². The summed E-state index contributed by atoms with van der Waals surface area (Å²) in [5, 5.41) is 7.40. The van der Waals surface area contributed by atoms with Crippen LogP contribution >= 0.6 is 11.6 Å². The lowest BCUT2D eigenvalue weighted by Crippen LogP contribution is -2.37. The third-order valence-electron chi connectivity index (χ3n) is 4.52. The second-order valence-electron chi connectivity index (χ2n) is 6.38. The fourth-order valence-electron chi connectivity index (χ4n) is 3.12. The Morgan fingerprint density at radius 2 is 2.14 bits per heavy atom. The first kappa shape index (κ1) is 19.2. The molecule has 0 aliphatic carbocycles. The number of carbonyl (C=O) groups excluding carboxylic acids is 1. The predicted molar refractivity (Wildman–Crippen MR) is 107 cm³/mol. The van der Waals surface area contributed by atoms with Gasteiger partial charge in [-0.3, -0.25) is 4.79 Å². The van der Waals surface area contributed by atoms with Crippen molar-refractivity contribution in [1.82, 2.24) is 19.2 Å². The monoisotopic (exact) mass is 418 g/mol. The molecule has 11 heteroatoms. The smallest absolute Gasteiger partial charge is 0.350 e. The van der Waals surface area contributed by atoms with Crippen molar-refractivity contribution >= 4 is 34.7 Å². The second-order valence-corrected chi connectivity index (χ2v) is 6.79. The molecule has 1 aliphatic heterocycles. The average molecular weight is 419 g/mol. The van der Waals surface area contributed by atoms with E-state index in [0.717, 1.165) is 4.68 Å². The quantitative estimate of drug-likeness (QED) is 0.660. The summed E-state index contributed by atoms with van der Waals surface area (Å²) in [4.78, 5) is 31.5.